The van der Waals surface area contributed by atoms with Gasteiger partial charge in [0.25, 0.3) is 0 Å². The van der Waals surface area contributed by atoms with Gasteiger partial charge in [-0.25, -0.2) is 0 Å². The summed E-state index contributed by atoms with van der Waals surface area (Å²) in [6, 6.07) is 6.99. The summed E-state index contributed by atoms with van der Waals surface area (Å²) in [5.41, 5.74) is 0.543. The maximum atomic E-state index is 13.1. The number of nitrogens with one attached hydrogen (secondary N) is 2. The summed E-state index contributed by atoms with van der Waals surface area (Å²) in [7, 11) is 0. The van der Waals surface area contributed by atoms with Crippen LogP contribution in [0.1, 0.15) is 6.92 Å². The molecule has 142 valence electrons. The summed E-state index contributed by atoms with van der Waals surface area (Å²) in [4.78, 5) is 38.4. The summed E-state index contributed by atoms with van der Waals surface area (Å²) < 4.78 is 6.04. The number of aliphatic hydroxyl groups is 1. The Labute approximate surface area is 156 Å². The molecular formula is C19H21N3O5. The maximum Gasteiger partial charge on any atom is 0.234 e. The molecule has 27 heavy (non-hydrogen) atoms. The topological polar surface area (TPSA) is 108 Å². The van der Waals surface area contributed by atoms with E-state index in [0.29, 0.717) is 17.9 Å². The Morgan fingerprint density at radius 3 is 2.74 bits per heavy atom. The number of carbonyl (C=O) groups is 3. The molecule has 0 aromatic heterocycles. The van der Waals surface area contributed by atoms with Crippen molar-refractivity contribution < 1.29 is 24.2 Å². The summed E-state index contributed by atoms with van der Waals surface area (Å²) in [5.74, 6) is -1.78. The number of nitrogens with zero attached hydrogens (tertiary/aromatic N) is 1. The van der Waals surface area contributed by atoms with Gasteiger partial charge in [-0.05, 0) is 24.3 Å². The predicted molar refractivity (Wildman–Crippen MR) is 96.9 cm³/mol. The predicted octanol–water partition coefficient (Wildman–Crippen LogP) is 0.0399. The minimum absolute atomic E-state index is 0.147. The molecule has 0 radical (unpaired) electrons. The van der Waals surface area contributed by atoms with Crippen LogP contribution in [-0.2, 0) is 19.1 Å². The second kappa shape index (κ2) is 6.47. The van der Waals surface area contributed by atoms with E-state index in [0.717, 1.165) is 0 Å². The molecule has 1 aromatic rings. The van der Waals surface area contributed by atoms with Gasteiger partial charge in [-0.2, -0.15) is 0 Å². The molecule has 3 aliphatic heterocycles. The number of benzene rings is 1. The van der Waals surface area contributed by atoms with Gasteiger partial charge in [0.15, 0.2) is 0 Å². The van der Waals surface area contributed by atoms with E-state index in [4.69, 9.17) is 9.84 Å². The van der Waals surface area contributed by atoms with E-state index in [1.165, 1.54) is 6.92 Å². The van der Waals surface area contributed by atoms with Crippen LogP contribution in [0.2, 0.25) is 0 Å². The van der Waals surface area contributed by atoms with Gasteiger partial charge >= 0.3 is 0 Å². The maximum absolute atomic E-state index is 13.1. The van der Waals surface area contributed by atoms with Crippen LogP contribution in [0.4, 0.5) is 11.4 Å². The molecule has 2 fully saturated rings. The summed E-state index contributed by atoms with van der Waals surface area (Å²) in [5, 5.41) is 14.3. The molecule has 3 N–H and O–H groups in total. The molecule has 1 unspecified atom stereocenters. The highest BCUT2D eigenvalue weighted by Gasteiger charge is 2.66. The lowest BCUT2D eigenvalue weighted by atomic mass is 9.77. The fraction of sp³-hybridized carbons (Fsp3) is 0.421. The van der Waals surface area contributed by atoms with Gasteiger partial charge in [-0.1, -0.05) is 12.2 Å². The van der Waals surface area contributed by atoms with Gasteiger partial charge in [0.2, 0.25) is 17.7 Å². The van der Waals surface area contributed by atoms with Crippen molar-refractivity contribution in [1.29, 1.82) is 0 Å². The molecule has 0 saturated carbocycles. The average Bonchev–Trinajstić information content (AvgIpc) is 3.28. The molecule has 0 aliphatic carbocycles. The number of aliphatic hydroxyl groups excluding tert-OH is 1. The van der Waals surface area contributed by atoms with Crippen LogP contribution in [0.5, 0.6) is 0 Å². The second-order valence-corrected chi connectivity index (χ2v) is 7.07. The zero-order chi connectivity index (χ0) is 19.2. The van der Waals surface area contributed by atoms with Gasteiger partial charge in [0.05, 0.1) is 31.1 Å². The highest BCUT2D eigenvalue weighted by atomic mass is 16.5. The summed E-state index contributed by atoms with van der Waals surface area (Å²) in [6.45, 7) is 1.76. The van der Waals surface area contributed by atoms with Crippen molar-refractivity contribution >= 4 is 29.1 Å². The molecule has 8 heteroatoms. The van der Waals surface area contributed by atoms with Gasteiger partial charge in [0.1, 0.15) is 5.60 Å². The Morgan fingerprint density at radius 2 is 2.07 bits per heavy atom. The van der Waals surface area contributed by atoms with Crippen molar-refractivity contribution in [1.82, 2.24) is 5.32 Å². The van der Waals surface area contributed by atoms with Crippen LogP contribution < -0.4 is 15.5 Å². The van der Waals surface area contributed by atoms with Crippen LogP contribution in [0.15, 0.2) is 36.4 Å². The highest BCUT2D eigenvalue weighted by molar-refractivity contribution is 6.03. The molecule has 4 rings (SSSR count). The number of hydrogen-bond acceptors (Lipinski definition) is 5. The second-order valence-electron chi connectivity index (χ2n) is 7.07. The molecule has 3 amide bonds. The van der Waals surface area contributed by atoms with E-state index < -0.39 is 23.5 Å². The largest absolute Gasteiger partial charge is 0.395 e. The average molecular weight is 371 g/mol. The number of carbonyl (C=O) groups excluding carboxylic acids is 3. The number of hydrogen-bond donors (Lipinski definition) is 3. The van der Waals surface area contributed by atoms with Gasteiger partial charge < -0.3 is 25.4 Å². The molecule has 1 aromatic carbocycles. The fourth-order valence-corrected chi connectivity index (χ4v) is 4.24. The quantitative estimate of drug-likeness (QED) is 0.634. The molecule has 4 atom stereocenters. The Morgan fingerprint density at radius 1 is 1.33 bits per heavy atom. The monoisotopic (exact) mass is 371 g/mol. The molecule has 2 bridgehead atoms. The first-order valence-electron chi connectivity index (χ1n) is 8.90. The van der Waals surface area contributed by atoms with Crippen LogP contribution in [0.25, 0.3) is 0 Å². The van der Waals surface area contributed by atoms with Crippen LogP contribution in [0.3, 0.4) is 0 Å². The molecule has 3 heterocycles. The van der Waals surface area contributed by atoms with E-state index in [1.807, 2.05) is 12.2 Å². The van der Waals surface area contributed by atoms with Crippen LogP contribution in [-0.4, -0.2) is 54.2 Å². The number of rotatable bonds is 5. The smallest absolute Gasteiger partial charge is 0.234 e. The van der Waals surface area contributed by atoms with E-state index in [9.17, 15) is 14.4 Å². The van der Waals surface area contributed by atoms with E-state index in [-0.39, 0.29) is 30.9 Å². The Kier molecular flexibility index (Phi) is 4.24. The number of anilines is 2. The zero-order valence-electron chi connectivity index (χ0n) is 14.8. The molecular weight excluding hydrogens is 350 g/mol. The van der Waals surface area contributed by atoms with Gasteiger partial charge in [-0.3, -0.25) is 14.4 Å². The molecule has 2 saturated heterocycles. The standard InChI is InChI=1S/C19H21N3O5/c1-11(24)21-12-2-4-13(5-3-12)22-10-19-7-6-14(27-19)15(16(19)18(22)26)17(25)20-8-9-23/h2-7,14-16,23H,8-10H2,1H3,(H,20,25)(H,21,24)/t14-,15?,16-,19+/m1/s1. The van der Waals surface area contributed by atoms with E-state index >= 15 is 0 Å². The van der Waals surface area contributed by atoms with Crippen molar-refractivity contribution in [3.8, 4) is 0 Å². The SMILES string of the molecule is CC(=O)Nc1ccc(N2C[C@]34C=C[C@@H](O3)C(C(=O)NCCO)[C@@H]4C2=O)cc1. The zero-order valence-corrected chi connectivity index (χ0v) is 14.8. The summed E-state index contributed by atoms with van der Waals surface area (Å²) in [6.07, 6.45) is 3.32. The molecule has 3 aliphatic rings. The van der Waals surface area contributed by atoms with Crippen molar-refractivity contribution in [2.75, 3.05) is 29.9 Å². The third-order valence-corrected chi connectivity index (χ3v) is 5.31. The first-order valence-corrected chi connectivity index (χ1v) is 8.90. The first kappa shape index (κ1) is 17.7. The lowest BCUT2D eigenvalue weighted by Gasteiger charge is -2.23. The van der Waals surface area contributed by atoms with Crippen molar-refractivity contribution in [3.63, 3.8) is 0 Å². The minimum atomic E-state index is -0.792. The number of amides is 3. The third-order valence-electron chi connectivity index (χ3n) is 5.31. The lowest BCUT2D eigenvalue weighted by Crippen LogP contribution is -2.44. The van der Waals surface area contributed by atoms with Gasteiger partial charge in [-0.15, -0.1) is 0 Å². The number of ether oxygens (including phenoxy) is 1. The first-order chi connectivity index (χ1) is 12.9. The van der Waals surface area contributed by atoms with Crippen molar-refractivity contribution in [2.45, 2.75) is 18.6 Å². The summed E-state index contributed by atoms with van der Waals surface area (Å²) >= 11 is 0. The van der Waals surface area contributed by atoms with Crippen molar-refractivity contribution in [3.05, 3.63) is 36.4 Å². The van der Waals surface area contributed by atoms with Gasteiger partial charge in [0, 0.05) is 24.8 Å². The van der Waals surface area contributed by atoms with E-state index in [2.05, 4.69) is 10.6 Å². The molecule has 1 spiro atoms. The normalized spacial score (nSPS) is 30.5. The Balaban J connectivity index is 1.57. The number of fused-ring (bicyclic) bond motifs is 1. The third kappa shape index (κ3) is 2.81. The van der Waals surface area contributed by atoms with Crippen LogP contribution in [0, 0.1) is 11.8 Å². The van der Waals surface area contributed by atoms with Crippen LogP contribution >= 0.6 is 0 Å². The minimum Gasteiger partial charge on any atom is -0.395 e. The fourth-order valence-electron chi connectivity index (χ4n) is 4.24. The van der Waals surface area contributed by atoms with E-state index in [1.54, 1.807) is 29.2 Å². The lowest BCUT2D eigenvalue weighted by molar-refractivity contribution is -0.132. The molecule has 8 nitrogen and oxygen atoms in total. The Hall–Kier alpha value is -2.71. The van der Waals surface area contributed by atoms with Crippen molar-refractivity contribution in [2.24, 2.45) is 11.8 Å². The Bertz CT molecular complexity index is 821. The highest BCUT2D eigenvalue weighted by Crippen LogP contribution is 2.52.